The molecule has 0 aliphatic heterocycles. The fraction of sp³-hybridized carbons (Fsp3) is 0.333. The fourth-order valence-electron chi connectivity index (χ4n) is 0. The number of hydrogen-bond donors (Lipinski definition) is 0. The van der Waals surface area contributed by atoms with Crippen LogP contribution in [0.5, 0.6) is 0 Å². The summed E-state index contributed by atoms with van der Waals surface area (Å²) in [6, 6.07) is 0. The van der Waals surface area contributed by atoms with Crippen molar-refractivity contribution in [2.75, 3.05) is 0 Å². The lowest BCUT2D eigenvalue weighted by Crippen LogP contribution is -1.82. The zero-order valence-electron chi connectivity index (χ0n) is 2.99. The van der Waals surface area contributed by atoms with Gasteiger partial charge < -0.3 is 0 Å². The van der Waals surface area contributed by atoms with E-state index in [1.165, 1.54) is 12.7 Å². The lowest BCUT2D eigenvalue weighted by molar-refractivity contribution is -0.110. The third-order valence-corrected chi connectivity index (χ3v) is 0.610. The molecule has 0 saturated heterocycles. The van der Waals surface area contributed by atoms with E-state index in [0.717, 1.165) is 0 Å². The first-order valence-electron chi connectivity index (χ1n) is 1.28. The Kier molecular flexibility index (Phi) is 2.03. The van der Waals surface area contributed by atoms with Crippen molar-refractivity contribution in [3.05, 3.63) is 0 Å². The van der Waals surface area contributed by atoms with Crippen molar-refractivity contribution >= 4 is 20.4 Å². The molecule has 28 valence electrons. The second-order valence-corrected chi connectivity index (χ2v) is 1.04. The molecule has 0 fully saturated rings. The summed E-state index contributed by atoms with van der Waals surface area (Å²) >= 11 is 0. The van der Waals surface area contributed by atoms with Gasteiger partial charge in [0.25, 0.3) is 0 Å². The molecule has 0 bridgehead atoms. The minimum Gasteiger partial charge on any atom is -0.295 e. The van der Waals surface area contributed by atoms with Crippen LogP contribution in [0.4, 0.5) is 0 Å². The van der Waals surface area contributed by atoms with E-state index in [1.807, 2.05) is 0 Å². The molecule has 0 aromatic heterocycles. The third kappa shape index (κ3) is 3.84. The summed E-state index contributed by atoms with van der Waals surface area (Å²) in [4.78, 5) is 9.71. The van der Waals surface area contributed by atoms with Gasteiger partial charge >= 0.3 is 0 Å². The van der Waals surface area contributed by atoms with E-state index in [9.17, 15) is 4.79 Å². The zero-order valence-corrected chi connectivity index (χ0v) is 3.99. The van der Waals surface area contributed by atoms with Crippen LogP contribution in [0, 0.1) is 0 Å². The van der Waals surface area contributed by atoms with E-state index in [0.29, 0.717) is 0 Å². The summed E-state index contributed by atoms with van der Waals surface area (Å²) in [5, 5.41) is 0. The molecule has 0 radical (unpaired) electrons. The lowest BCUT2D eigenvalue weighted by Gasteiger charge is -1.62. The van der Waals surface area contributed by atoms with Crippen LogP contribution in [-0.4, -0.2) is 11.6 Å². The van der Waals surface area contributed by atoms with Crippen LogP contribution in [0.2, 0.25) is 0 Å². The van der Waals surface area contributed by atoms with E-state index in [-0.39, 0.29) is 5.78 Å². The highest BCUT2D eigenvalue weighted by molar-refractivity contribution is 7.22. The van der Waals surface area contributed by atoms with Crippen molar-refractivity contribution in [1.82, 2.24) is 0 Å². The predicted octanol–water partition coefficient (Wildman–Crippen LogP) is 0.520. The van der Waals surface area contributed by atoms with Gasteiger partial charge in [0, 0.05) is 5.80 Å². The van der Waals surface area contributed by atoms with Gasteiger partial charge in [0.15, 0.2) is 5.78 Å². The quantitative estimate of drug-likeness (QED) is 0.427. The molecular formula is C3H5OP. The van der Waals surface area contributed by atoms with Crippen LogP contribution in [0.15, 0.2) is 0 Å². The van der Waals surface area contributed by atoms with Crippen LogP contribution >= 0.6 is 8.86 Å². The summed E-state index contributed by atoms with van der Waals surface area (Å²) in [5.74, 6) is 1.38. The molecule has 0 aliphatic carbocycles. The molecule has 0 N–H and O–H groups in total. The summed E-state index contributed by atoms with van der Waals surface area (Å²) in [5.41, 5.74) is 0. The molecule has 0 heterocycles. The monoisotopic (exact) mass is 88.0 g/mol. The third-order valence-electron chi connectivity index (χ3n) is 0.203. The first-order valence-corrected chi connectivity index (χ1v) is 1.86. The van der Waals surface area contributed by atoms with E-state index < -0.39 is 0 Å². The second-order valence-electron chi connectivity index (χ2n) is 0.755. The first-order chi connectivity index (χ1) is 2.27. The maximum atomic E-state index is 9.71. The smallest absolute Gasteiger partial charge is 0.156 e. The average Bonchev–Trinajstić information content (AvgIpc) is 1.38. The molecule has 0 aromatic rings. The van der Waals surface area contributed by atoms with Gasteiger partial charge in [-0.1, -0.05) is 0 Å². The molecule has 0 rings (SSSR count). The Labute approximate surface area is 33.2 Å². The van der Waals surface area contributed by atoms with E-state index in [4.69, 9.17) is 0 Å². The molecule has 5 heavy (non-hydrogen) atoms. The number of hydrogen-bond acceptors (Lipinski definition) is 1. The van der Waals surface area contributed by atoms with E-state index >= 15 is 0 Å². The van der Waals surface area contributed by atoms with Crippen molar-refractivity contribution in [2.45, 2.75) is 6.92 Å². The summed E-state index contributed by atoms with van der Waals surface area (Å²) in [7, 11) is 2.88. The Morgan fingerprint density at radius 3 is 2.20 bits per heavy atom. The van der Waals surface area contributed by atoms with Crippen molar-refractivity contribution in [2.24, 2.45) is 0 Å². The van der Waals surface area contributed by atoms with Crippen molar-refractivity contribution < 1.29 is 4.79 Å². The Balaban J connectivity index is 3.20. The first kappa shape index (κ1) is 4.84. The molecule has 0 unspecified atom stereocenters. The molecular weight excluding hydrogens is 83.0 g/mol. The van der Waals surface area contributed by atoms with Crippen LogP contribution < -0.4 is 0 Å². The van der Waals surface area contributed by atoms with Gasteiger partial charge in [0.05, 0.1) is 0 Å². The van der Waals surface area contributed by atoms with Gasteiger partial charge in [-0.05, 0) is 6.92 Å². The van der Waals surface area contributed by atoms with Crippen molar-refractivity contribution in [1.29, 1.82) is 0 Å². The zero-order chi connectivity index (χ0) is 4.28. The summed E-state index contributed by atoms with van der Waals surface area (Å²) in [6.45, 7) is 1.48. The largest absolute Gasteiger partial charge is 0.295 e. The Bertz CT molecular complexity index is 57.9. The molecule has 0 saturated carbocycles. The van der Waals surface area contributed by atoms with Gasteiger partial charge in [0.2, 0.25) is 0 Å². The molecule has 0 amide bonds. The topological polar surface area (TPSA) is 17.1 Å². The van der Waals surface area contributed by atoms with Gasteiger partial charge in [-0.25, -0.2) is 0 Å². The van der Waals surface area contributed by atoms with E-state index in [2.05, 4.69) is 8.86 Å². The fourth-order valence-corrected chi connectivity index (χ4v) is 0. The molecule has 0 aliphatic rings. The highest BCUT2D eigenvalue weighted by Crippen LogP contribution is 1.58. The Morgan fingerprint density at radius 1 is 2.00 bits per heavy atom. The molecule has 1 nitrogen and oxygen atoms in total. The number of carbonyl (C=O) groups is 1. The molecule has 2 heteroatoms. The van der Waals surface area contributed by atoms with Gasteiger partial charge in [-0.15, -0.1) is 8.86 Å². The van der Waals surface area contributed by atoms with Crippen LogP contribution in [0.3, 0.4) is 0 Å². The standard InChI is InChI=1S/C3H5OP/c1-3(4)2-5/h2,5H,1H3. The van der Waals surface area contributed by atoms with Gasteiger partial charge in [0.1, 0.15) is 0 Å². The highest BCUT2D eigenvalue weighted by atomic mass is 31.0. The minimum atomic E-state index is 0.0432. The van der Waals surface area contributed by atoms with Crippen molar-refractivity contribution in [3.63, 3.8) is 0 Å². The number of rotatable bonds is 1. The van der Waals surface area contributed by atoms with Crippen LogP contribution in [0.25, 0.3) is 0 Å². The number of ketones is 1. The molecule has 0 atom stereocenters. The SMILES string of the molecule is CC(=O)C=P. The van der Waals surface area contributed by atoms with Crippen LogP contribution in [-0.2, 0) is 4.79 Å². The van der Waals surface area contributed by atoms with Crippen molar-refractivity contribution in [3.8, 4) is 0 Å². The highest BCUT2D eigenvalue weighted by Gasteiger charge is 1.70. The van der Waals surface area contributed by atoms with E-state index in [1.54, 1.807) is 0 Å². The maximum Gasteiger partial charge on any atom is 0.156 e. The van der Waals surface area contributed by atoms with Crippen LogP contribution in [0.1, 0.15) is 6.92 Å². The molecule has 0 spiro atoms. The van der Waals surface area contributed by atoms with Gasteiger partial charge in [-0.3, -0.25) is 4.79 Å². The minimum absolute atomic E-state index is 0.0432. The Hall–Kier alpha value is -0.160. The summed E-state index contributed by atoms with van der Waals surface area (Å²) in [6.07, 6.45) is 0. The lowest BCUT2D eigenvalue weighted by atomic mass is 10.5. The average molecular weight is 88.0 g/mol. The normalized spacial score (nSPS) is 6.60. The number of carbonyl (C=O) groups excluding carboxylic acids is 1. The predicted molar refractivity (Wildman–Crippen MR) is 25.1 cm³/mol. The van der Waals surface area contributed by atoms with Gasteiger partial charge in [-0.2, -0.15) is 0 Å². The number of Topliss-reactive ketones (excluding diaryl/α,β-unsaturated/α-hetero) is 1. The second kappa shape index (κ2) is 2.10. The Morgan fingerprint density at radius 2 is 2.20 bits per heavy atom. The summed E-state index contributed by atoms with van der Waals surface area (Å²) < 4.78 is 0. The molecule has 0 aromatic carbocycles. The maximum absolute atomic E-state index is 9.71.